The number of thioether (sulfide) groups is 1. The van der Waals surface area contributed by atoms with Crippen molar-refractivity contribution < 1.29 is 5.11 Å². The van der Waals surface area contributed by atoms with Gasteiger partial charge >= 0.3 is 0 Å². The second-order valence-electron chi connectivity index (χ2n) is 1.35. The lowest BCUT2D eigenvalue weighted by molar-refractivity contribution is 0.179. The van der Waals surface area contributed by atoms with Crippen LogP contribution >= 0.6 is 11.8 Å². The quantitative estimate of drug-likeness (QED) is 0.517. The highest BCUT2D eigenvalue weighted by Crippen LogP contribution is 1.95. The Hall–Kier alpha value is 0.270. The smallest absolute Gasteiger partial charge is 0.103 e. The van der Waals surface area contributed by atoms with Crippen molar-refractivity contribution in [2.45, 2.75) is 12.6 Å². The molecule has 0 radical (unpaired) electrons. The Balaban J connectivity index is 2.68. The molecule has 2 nitrogen and oxygen atoms in total. The van der Waals surface area contributed by atoms with Crippen LogP contribution in [0.25, 0.3) is 0 Å². The Kier molecular flexibility index (Phi) is 4.60. The molecule has 3 heteroatoms. The predicted molar refractivity (Wildman–Crippen MR) is 33.2 cm³/mol. The molecule has 0 amide bonds. The van der Waals surface area contributed by atoms with E-state index in [-0.39, 0.29) is 0 Å². The molecular weight excluding hydrogens is 110 g/mol. The van der Waals surface area contributed by atoms with E-state index in [9.17, 15) is 0 Å². The maximum absolute atomic E-state index is 8.45. The monoisotopic (exact) mass is 121 g/mol. The SMILES string of the molecule is CSCCC(N)O. The molecule has 0 rings (SSSR count). The van der Waals surface area contributed by atoms with E-state index in [0.717, 1.165) is 5.75 Å². The molecule has 1 atom stereocenters. The minimum atomic E-state index is -0.618. The summed E-state index contributed by atoms with van der Waals surface area (Å²) in [7, 11) is 0. The lowest BCUT2D eigenvalue weighted by Gasteiger charge is -1.98. The fourth-order valence-electron chi connectivity index (χ4n) is 0.239. The molecule has 0 saturated heterocycles. The molecular formula is C4H11NOS. The molecule has 0 spiro atoms. The average molecular weight is 121 g/mol. The number of aliphatic hydroxyl groups is 1. The van der Waals surface area contributed by atoms with Crippen LogP contribution in [0.3, 0.4) is 0 Å². The third-order valence-electron chi connectivity index (χ3n) is 0.618. The summed E-state index contributed by atoms with van der Waals surface area (Å²) in [4.78, 5) is 0. The van der Waals surface area contributed by atoms with E-state index in [4.69, 9.17) is 10.8 Å². The number of hydrogen-bond acceptors (Lipinski definition) is 3. The zero-order valence-corrected chi connectivity index (χ0v) is 5.24. The van der Waals surface area contributed by atoms with Crippen molar-refractivity contribution in [2.75, 3.05) is 12.0 Å². The first kappa shape index (κ1) is 7.27. The molecule has 0 saturated carbocycles. The number of hydrogen-bond donors (Lipinski definition) is 2. The second kappa shape index (κ2) is 4.43. The van der Waals surface area contributed by atoms with Gasteiger partial charge < -0.3 is 10.8 Å². The standard InChI is InChI=1S/C4H11NOS/c1-7-3-2-4(5)6/h4,6H,2-3,5H2,1H3. The first-order valence-electron chi connectivity index (χ1n) is 2.20. The first-order chi connectivity index (χ1) is 3.27. The summed E-state index contributed by atoms with van der Waals surface area (Å²) in [6.07, 6.45) is 2.07. The first-order valence-corrected chi connectivity index (χ1v) is 3.59. The highest BCUT2D eigenvalue weighted by atomic mass is 32.2. The fourth-order valence-corrected chi connectivity index (χ4v) is 0.716. The normalized spacial score (nSPS) is 14.1. The molecule has 3 N–H and O–H groups in total. The van der Waals surface area contributed by atoms with Crippen molar-refractivity contribution in [3.8, 4) is 0 Å². The van der Waals surface area contributed by atoms with E-state index < -0.39 is 6.23 Å². The van der Waals surface area contributed by atoms with Crippen molar-refractivity contribution >= 4 is 11.8 Å². The van der Waals surface area contributed by atoms with Gasteiger partial charge in [0.25, 0.3) is 0 Å². The Labute approximate surface area is 48.1 Å². The van der Waals surface area contributed by atoms with Gasteiger partial charge in [-0.05, 0) is 18.4 Å². The van der Waals surface area contributed by atoms with Crippen molar-refractivity contribution in [2.24, 2.45) is 5.73 Å². The lowest BCUT2D eigenvalue weighted by Crippen LogP contribution is -2.18. The van der Waals surface area contributed by atoms with E-state index in [1.54, 1.807) is 11.8 Å². The summed E-state index contributed by atoms with van der Waals surface area (Å²) in [6, 6.07) is 0. The highest BCUT2D eigenvalue weighted by Gasteiger charge is 1.90. The molecule has 1 unspecified atom stereocenters. The molecule has 0 heterocycles. The fraction of sp³-hybridized carbons (Fsp3) is 1.00. The van der Waals surface area contributed by atoms with Crippen LogP contribution in [0.4, 0.5) is 0 Å². The summed E-state index contributed by atoms with van der Waals surface area (Å²) in [5.41, 5.74) is 5.02. The number of nitrogens with two attached hydrogens (primary N) is 1. The van der Waals surface area contributed by atoms with Crippen LogP contribution in [0.15, 0.2) is 0 Å². The van der Waals surface area contributed by atoms with Gasteiger partial charge in [-0.3, -0.25) is 0 Å². The summed E-state index contributed by atoms with van der Waals surface area (Å²) in [5, 5.41) is 8.45. The molecule has 0 bridgehead atoms. The Bertz CT molecular complexity index is 40.7. The van der Waals surface area contributed by atoms with E-state index in [2.05, 4.69) is 0 Å². The van der Waals surface area contributed by atoms with Crippen LogP contribution < -0.4 is 5.73 Å². The van der Waals surface area contributed by atoms with Crippen LogP contribution in [0.1, 0.15) is 6.42 Å². The van der Waals surface area contributed by atoms with E-state index in [1.807, 2.05) is 6.26 Å². The van der Waals surface area contributed by atoms with Crippen LogP contribution in [0.2, 0.25) is 0 Å². The molecule has 0 aliphatic heterocycles. The Morgan fingerprint density at radius 1 is 1.86 bits per heavy atom. The molecule has 44 valence electrons. The average Bonchev–Trinajstić information content (AvgIpc) is 1.61. The summed E-state index contributed by atoms with van der Waals surface area (Å²) in [6.45, 7) is 0. The largest absolute Gasteiger partial charge is 0.379 e. The van der Waals surface area contributed by atoms with E-state index in [1.165, 1.54) is 0 Å². The molecule has 0 fully saturated rings. The minimum Gasteiger partial charge on any atom is -0.379 e. The Morgan fingerprint density at radius 2 is 2.43 bits per heavy atom. The number of rotatable bonds is 3. The van der Waals surface area contributed by atoms with Gasteiger partial charge in [-0.1, -0.05) is 0 Å². The third-order valence-corrected chi connectivity index (χ3v) is 1.26. The number of aliphatic hydroxyl groups excluding tert-OH is 1. The molecule has 7 heavy (non-hydrogen) atoms. The zero-order valence-electron chi connectivity index (χ0n) is 4.42. The highest BCUT2D eigenvalue weighted by molar-refractivity contribution is 7.98. The molecule has 0 aromatic rings. The minimum absolute atomic E-state index is 0.618. The third kappa shape index (κ3) is 6.27. The maximum atomic E-state index is 8.45. The van der Waals surface area contributed by atoms with Gasteiger partial charge in [0.2, 0.25) is 0 Å². The van der Waals surface area contributed by atoms with Crippen molar-refractivity contribution in [1.82, 2.24) is 0 Å². The van der Waals surface area contributed by atoms with Gasteiger partial charge in [-0.2, -0.15) is 11.8 Å². The predicted octanol–water partition coefficient (Wildman–Crippen LogP) is 0.0166. The van der Waals surface area contributed by atoms with E-state index >= 15 is 0 Å². The van der Waals surface area contributed by atoms with Crippen molar-refractivity contribution in [1.29, 1.82) is 0 Å². The zero-order chi connectivity index (χ0) is 5.70. The van der Waals surface area contributed by atoms with Gasteiger partial charge in [0.05, 0.1) is 0 Å². The Morgan fingerprint density at radius 3 is 2.57 bits per heavy atom. The summed E-state index contributed by atoms with van der Waals surface area (Å²) < 4.78 is 0. The van der Waals surface area contributed by atoms with Crippen LogP contribution in [0.5, 0.6) is 0 Å². The lowest BCUT2D eigenvalue weighted by atomic mass is 10.4. The molecule has 0 aromatic heterocycles. The van der Waals surface area contributed by atoms with E-state index in [0.29, 0.717) is 6.42 Å². The maximum Gasteiger partial charge on any atom is 0.103 e. The molecule has 0 aliphatic carbocycles. The second-order valence-corrected chi connectivity index (χ2v) is 2.33. The summed E-state index contributed by atoms with van der Waals surface area (Å²) >= 11 is 1.69. The van der Waals surface area contributed by atoms with Gasteiger partial charge in [-0.25, -0.2) is 0 Å². The van der Waals surface area contributed by atoms with Gasteiger partial charge in [0.1, 0.15) is 6.23 Å². The van der Waals surface area contributed by atoms with Crippen LogP contribution in [-0.4, -0.2) is 23.3 Å². The topological polar surface area (TPSA) is 46.2 Å². The van der Waals surface area contributed by atoms with Gasteiger partial charge in [-0.15, -0.1) is 0 Å². The van der Waals surface area contributed by atoms with Gasteiger partial charge in [0, 0.05) is 0 Å². The molecule has 0 aromatic carbocycles. The summed E-state index contributed by atoms with van der Waals surface area (Å²) in [5.74, 6) is 0.942. The van der Waals surface area contributed by atoms with Crippen molar-refractivity contribution in [3.63, 3.8) is 0 Å². The van der Waals surface area contributed by atoms with Gasteiger partial charge in [0.15, 0.2) is 0 Å². The van der Waals surface area contributed by atoms with Crippen molar-refractivity contribution in [3.05, 3.63) is 0 Å². The molecule has 0 aliphatic rings. The van der Waals surface area contributed by atoms with Crippen LogP contribution in [0, 0.1) is 0 Å². The van der Waals surface area contributed by atoms with Crippen LogP contribution in [-0.2, 0) is 0 Å².